The van der Waals surface area contributed by atoms with Gasteiger partial charge in [0, 0.05) is 17.3 Å². The van der Waals surface area contributed by atoms with Gasteiger partial charge in [-0.25, -0.2) is 0 Å². The van der Waals surface area contributed by atoms with Crippen LogP contribution in [0.15, 0.2) is 59.6 Å². The second-order valence-corrected chi connectivity index (χ2v) is 5.53. The average Bonchev–Trinajstić information content (AvgIpc) is 2.48. The van der Waals surface area contributed by atoms with E-state index in [4.69, 9.17) is 11.6 Å². The Morgan fingerprint density at radius 1 is 1.38 bits per heavy atom. The van der Waals surface area contributed by atoms with E-state index in [1.807, 2.05) is 41.5 Å². The summed E-state index contributed by atoms with van der Waals surface area (Å²) < 4.78 is 0. The fraction of sp³-hybridized carbons (Fsp3) is 0.250. The molecule has 1 atom stereocenters. The van der Waals surface area contributed by atoms with Gasteiger partial charge >= 0.3 is 0 Å². The number of aliphatic hydroxyl groups is 2. The average molecular weight is 305 g/mol. The summed E-state index contributed by atoms with van der Waals surface area (Å²) >= 11 is 6.07. The molecular formula is C16H17ClN2O2. The van der Waals surface area contributed by atoms with Crippen LogP contribution < -0.4 is 10.2 Å². The SMILES string of the molecule is OCCC1=C(O)N(c2cccc(Cl)c2)C2NC=CC=C2C1. The maximum Gasteiger partial charge on any atom is 0.192 e. The molecule has 0 aromatic heterocycles. The number of nitrogens with zero attached hydrogens (tertiary/aromatic N) is 1. The first kappa shape index (κ1) is 14.0. The molecule has 3 rings (SSSR count). The van der Waals surface area contributed by atoms with Crippen molar-refractivity contribution in [1.82, 2.24) is 5.32 Å². The van der Waals surface area contributed by atoms with Crippen LogP contribution in [0.1, 0.15) is 12.8 Å². The summed E-state index contributed by atoms with van der Waals surface area (Å²) in [4.78, 5) is 1.82. The van der Waals surface area contributed by atoms with Crippen molar-refractivity contribution in [2.45, 2.75) is 19.0 Å². The molecule has 2 heterocycles. The number of dihydropyridines is 1. The van der Waals surface area contributed by atoms with Crippen LogP contribution in [-0.2, 0) is 0 Å². The number of fused-ring (bicyclic) bond motifs is 1. The van der Waals surface area contributed by atoms with E-state index in [0.717, 1.165) is 16.8 Å². The molecule has 0 spiro atoms. The first-order valence-electron chi connectivity index (χ1n) is 6.89. The Balaban J connectivity index is 2.07. The van der Waals surface area contributed by atoms with E-state index >= 15 is 0 Å². The van der Waals surface area contributed by atoms with E-state index in [9.17, 15) is 10.2 Å². The van der Waals surface area contributed by atoms with Gasteiger partial charge in [0.1, 0.15) is 6.17 Å². The number of allylic oxidation sites excluding steroid dienone is 2. The van der Waals surface area contributed by atoms with Crippen molar-refractivity contribution in [1.29, 1.82) is 0 Å². The van der Waals surface area contributed by atoms with Crippen LogP contribution in [0.3, 0.4) is 0 Å². The number of anilines is 1. The Morgan fingerprint density at radius 2 is 2.24 bits per heavy atom. The van der Waals surface area contributed by atoms with Crippen LogP contribution in [0.2, 0.25) is 5.02 Å². The zero-order valence-electron chi connectivity index (χ0n) is 11.5. The summed E-state index contributed by atoms with van der Waals surface area (Å²) in [6, 6.07) is 7.38. The van der Waals surface area contributed by atoms with Gasteiger partial charge in [0.05, 0.1) is 0 Å². The minimum atomic E-state index is -0.129. The predicted octanol–water partition coefficient (Wildman–Crippen LogP) is 3.07. The van der Waals surface area contributed by atoms with Gasteiger partial charge in [-0.2, -0.15) is 0 Å². The normalized spacial score (nSPS) is 21.0. The number of nitrogens with one attached hydrogen (secondary N) is 1. The van der Waals surface area contributed by atoms with Crippen LogP contribution in [-0.4, -0.2) is 23.0 Å². The minimum Gasteiger partial charge on any atom is -0.494 e. The van der Waals surface area contributed by atoms with Gasteiger partial charge in [-0.1, -0.05) is 23.7 Å². The molecule has 1 aromatic carbocycles. The fourth-order valence-corrected chi connectivity index (χ4v) is 2.95. The molecule has 0 bridgehead atoms. The van der Waals surface area contributed by atoms with Crippen LogP contribution >= 0.6 is 11.6 Å². The van der Waals surface area contributed by atoms with Gasteiger partial charge in [-0.3, -0.25) is 4.90 Å². The molecule has 5 heteroatoms. The number of hydrogen-bond donors (Lipinski definition) is 3. The molecule has 2 aliphatic heterocycles. The topological polar surface area (TPSA) is 55.7 Å². The maximum absolute atomic E-state index is 10.6. The molecule has 1 aromatic rings. The third-order valence-corrected chi connectivity index (χ3v) is 3.97. The number of hydrogen-bond acceptors (Lipinski definition) is 4. The number of benzene rings is 1. The molecule has 0 saturated carbocycles. The zero-order valence-corrected chi connectivity index (χ0v) is 12.2. The highest BCUT2D eigenvalue weighted by Gasteiger charge is 2.33. The molecule has 1 unspecified atom stereocenters. The summed E-state index contributed by atoms with van der Waals surface area (Å²) in [5.74, 6) is 0.191. The molecule has 0 amide bonds. The lowest BCUT2D eigenvalue weighted by atomic mass is 9.94. The second-order valence-electron chi connectivity index (χ2n) is 5.10. The van der Waals surface area contributed by atoms with Crippen LogP contribution in [0.4, 0.5) is 5.69 Å². The van der Waals surface area contributed by atoms with Gasteiger partial charge in [-0.05, 0) is 54.5 Å². The standard InChI is InChI=1S/C16H17ClN2O2/c17-13-4-1-5-14(10-13)19-15-11(3-2-7-18-15)9-12(6-8-20)16(19)21/h1-5,7,10,15,18,20-21H,6,8-9H2. The van der Waals surface area contributed by atoms with E-state index in [-0.39, 0.29) is 18.7 Å². The number of aliphatic hydroxyl groups excluding tert-OH is 2. The van der Waals surface area contributed by atoms with Crippen molar-refractivity contribution in [2.75, 3.05) is 11.5 Å². The highest BCUT2D eigenvalue weighted by Crippen LogP contribution is 2.36. The fourth-order valence-electron chi connectivity index (χ4n) is 2.76. The number of halogens is 1. The van der Waals surface area contributed by atoms with E-state index in [2.05, 4.69) is 5.32 Å². The van der Waals surface area contributed by atoms with Crippen LogP contribution in [0.5, 0.6) is 0 Å². The maximum atomic E-state index is 10.6. The molecule has 0 fully saturated rings. The monoisotopic (exact) mass is 304 g/mol. The Bertz CT molecular complexity index is 637. The highest BCUT2D eigenvalue weighted by molar-refractivity contribution is 6.30. The van der Waals surface area contributed by atoms with Gasteiger partial charge in [0.25, 0.3) is 0 Å². The lowest BCUT2D eigenvalue weighted by molar-refractivity contribution is 0.287. The molecule has 3 N–H and O–H groups in total. The predicted molar refractivity (Wildman–Crippen MR) is 84.1 cm³/mol. The quantitative estimate of drug-likeness (QED) is 0.803. The summed E-state index contributed by atoms with van der Waals surface area (Å²) in [5, 5.41) is 23.7. The summed E-state index contributed by atoms with van der Waals surface area (Å²) in [7, 11) is 0. The summed E-state index contributed by atoms with van der Waals surface area (Å²) in [6.45, 7) is 0.0179. The lowest BCUT2D eigenvalue weighted by Crippen LogP contribution is -2.48. The summed E-state index contributed by atoms with van der Waals surface area (Å²) in [6.07, 6.45) is 6.83. The van der Waals surface area contributed by atoms with Crippen molar-refractivity contribution in [3.63, 3.8) is 0 Å². The van der Waals surface area contributed by atoms with Gasteiger partial charge in [-0.15, -0.1) is 0 Å². The highest BCUT2D eigenvalue weighted by atomic mass is 35.5. The molecule has 21 heavy (non-hydrogen) atoms. The first-order chi connectivity index (χ1) is 10.2. The van der Waals surface area contributed by atoms with Gasteiger partial charge < -0.3 is 15.5 Å². The second kappa shape index (κ2) is 5.84. The zero-order chi connectivity index (χ0) is 14.8. The van der Waals surface area contributed by atoms with Crippen LogP contribution in [0.25, 0.3) is 0 Å². The molecular weight excluding hydrogens is 288 g/mol. The number of rotatable bonds is 3. The van der Waals surface area contributed by atoms with Gasteiger partial charge in [0.15, 0.2) is 5.88 Å². The Kier molecular flexibility index (Phi) is 3.90. The third kappa shape index (κ3) is 2.64. The third-order valence-electron chi connectivity index (χ3n) is 3.73. The molecule has 2 aliphatic rings. The van der Waals surface area contributed by atoms with E-state index in [1.54, 1.807) is 6.07 Å². The van der Waals surface area contributed by atoms with E-state index in [0.29, 0.717) is 17.9 Å². The molecule has 110 valence electrons. The minimum absolute atomic E-state index is 0.0179. The van der Waals surface area contributed by atoms with E-state index in [1.165, 1.54) is 0 Å². The Morgan fingerprint density at radius 3 is 3.00 bits per heavy atom. The van der Waals surface area contributed by atoms with Crippen molar-refractivity contribution in [3.8, 4) is 0 Å². The molecule has 0 saturated heterocycles. The molecule has 0 aliphatic carbocycles. The molecule has 4 nitrogen and oxygen atoms in total. The van der Waals surface area contributed by atoms with Crippen LogP contribution in [0, 0.1) is 0 Å². The smallest absolute Gasteiger partial charge is 0.192 e. The van der Waals surface area contributed by atoms with E-state index < -0.39 is 0 Å². The van der Waals surface area contributed by atoms with Crippen molar-refractivity contribution >= 4 is 17.3 Å². The Hall–Kier alpha value is -1.91. The summed E-state index contributed by atoms with van der Waals surface area (Å²) in [5.41, 5.74) is 2.80. The lowest BCUT2D eigenvalue weighted by Gasteiger charge is -2.40. The largest absolute Gasteiger partial charge is 0.494 e. The molecule has 0 radical (unpaired) electrons. The Labute approximate surface area is 128 Å². The van der Waals surface area contributed by atoms with Crippen molar-refractivity contribution < 1.29 is 10.2 Å². The first-order valence-corrected chi connectivity index (χ1v) is 7.27. The van der Waals surface area contributed by atoms with Gasteiger partial charge in [0.2, 0.25) is 0 Å². The van der Waals surface area contributed by atoms with Crippen molar-refractivity contribution in [2.24, 2.45) is 0 Å². The van der Waals surface area contributed by atoms with Crippen molar-refractivity contribution in [3.05, 3.63) is 64.7 Å².